The predicted molar refractivity (Wildman–Crippen MR) is 71.1 cm³/mol. The van der Waals surface area contributed by atoms with E-state index in [1.807, 2.05) is 0 Å². The number of benzene rings is 1. The molecule has 0 saturated heterocycles. The zero-order valence-electron chi connectivity index (χ0n) is 10.9. The molecular weight excluding hydrogens is 323 g/mol. The Kier molecular flexibility index (Phi) is 5.01. The first-order valence-electron chi connectivity index (χ1n) is 5.76. The highest BCUT2D eigenvalue weighted by Gasteiger charge is 2.35. The van der Waals surface area contributed by atoms with Crippen LogP contribution in [-0.2, 0) is 0 Å². The van der Waals surface area contributed by atoms with Crippen LogP contribution < -0.4 is 0 Å². The van der Waals surface area contributed by atoms with E-state index in [-0.39, 0.29) is 5.56 Å². The summed E-state index contributed by atoms with van der Waals surface area (Å²) < 4.78 is 38.1. The molecule has 0 unspecified atom stereocenters. The van der Waals surface area contributed by atoms with Crippen LogP contribution in [0.3, 0.4) is 0 Å². The molecule has 0 fully saturated rings. The maximum absolute atomic E-state index is 12.5. The van der Waals surface area contributed by atoms with Gasteiger partial charge in [0.25, 0.3) is 5.91 Å². The lowest BCUT2D eigenvalue weighted by Gasteiger charge is -2.28. The van der Waals surface area contributed by atoms with Crippen molar-refractivity contribution in [1.29, 1.82) is 0 Å². The molecule has 0 radical (unpaired) electrons. The first-order valence-corrected chi connectivity index (χ1v) is 6.55. The van der Waals surface area contributed by atoms with Gasteiger partial charge in [-0.25, -0.2) is 0 Å². The monoisotopic (exact) mass is 337 g/mol. The second kappa shape index (κ2) is 5.94. The molecule has 0 aliphatic rings. The van der Waals surface area contributed by atoms with Gasteiger partial charge in [0.2, 0.25) is 0 Å². The average molecular weight is 338 g/mol. The molecule has 0 aliphatic carbocycles. The Bertz CT molecular complexity index is 471. The van der Waals surface area contributed by atoms with Crippen LogP contribution in [0.4, 0.5) is 13.2 Å². The highest BCUT2D eigenvalue weighted by Crippen LogP contribution is 2.25. The van der Waals surface area contributed by atoms with E-state index in [4.69, 9.17) is 0 Å². The molecule has 0 N–H and O–H groups in total. The molecule has 19 heavy (non-hydrogen) atoms. The summed E-state index contributed by atoms with van der Waals surface area (Å²) in [6, 6.07) is 4.43. The van der Waals surface area contributed by atoms with Crippen molar-refractivity contribution in [2.75, 3.05) is 6.54 Å². The normalized spacial score (nSPS) is 11.8. The van der Waals surface area contributed by atoms with Crippen molar-refractivity contribution >= 4 is 21.8 Å². The summed E-state index contributed by atoms with van der Waals surface area (Å²) in [6.07, 6.45) is -4.41. The first-order chi connectivity index (χ1) is 8.63. The van der Waals surface area contributed by atoms with Crippen LogP contribution in [0.1, 0.15) is 29.8 Å². The minimum Gasteiger partial charge on any atom is -0.327 e. The lowest BCUT2D eigenvalue weighted by molar-refractivity contribution is -0.143. The van der Waals surface area contributed by atoms with Gasteiger partial charge in [0.05, 0.1) is 5.56 Å². The fraction of sp³-hybridized carbons (Fsp3) is 0.462. The molecule has 2 nitrogen and oxygen atoms in total. The van der Waals surface area contributed by atoms with E-state index in [1.54, 1.807) is 32.9 Å². The van der Waals surface area contributed by atoms with E-state index in [1.165, 1.54) is 6.07 Å². The number of alkyl halides is 3. The molecule has 6 heteroatoms. The number of amides is 1. The lowest BCUT2D eigenvalue weighted by Crippen LogP contribution is -2.43. The fourth-order valence-corrected chi connectivity index (χ4v) is 2.08. The molecule has 1 aromatic carbocycles. The van der Waals surface area contributed by atoms with Gasteiger partial charge in [-0.05, 0) is 48.3 Å². The summed E-state index contributed by atoms with van der Waals surface area (Å²) in [7, 11) is 0. The third-order valence-corrected chi connectivity index (χ3v) is 3.71. The van der Waals surface area contributed by atoms with E-state index >= 15 is 0 Å². The Morgan fingerprint density at radius 1 is 1.37 bits per heavy atom. The molecule has 0 atom stereocenters. The van der Waals surface area contributed by atoms with Gasteiger partial charge in [-0.3, -0.25) is 4.79 Å². The molecule has 0 aliphatic heterocycles. The van der Waals surface area contributed by atoms with Crippen molar-refractivity contribution in [1.82, 2.24) is 4.90 Å². The van der Waals surface area contributed by atoms with Crippen LogP contribution in [0.15, 0.2) is 22.7 Å². The number of rotatable bonds is 3. The molecule has 1 rings (SSSR count). The largest absolute Gasteiger partial charge is 0.406 e. The minimum absolute atomic E-state index is 0.248. The summed E-state index contributed by atoms with van der Waals surface area (Å²) in [5, 5.41) is 0. The zero-order valence-corrected chi connectivity index (χ0v) is 12.5. The maximum Gasteiger partial charge on any atom is 0.406 e. The second-order valence-electron chi connectivity index (χ2n) is 4.58. The predicted octanol–water partition coefficient (Wildman–Crippen LogP) is 4.17. The van der Waals surface area contributed by atoms with E-state index < -0.39 is 24.7 Å². The van der Waals surface area contributed by atoms with E-state index in [0.29, 0.717) is 4.47 Å². The van der Waals surface area contributed by atoms with Gasteiger partial charge >= 0.3 is 6.18 Å². The van der Waals surface area contributed by atoms with Crippen molar-refractivity contribution in [3.05, 3.63) is 33.8 Å². The van der Waals surface area contributed by atoms with Gasteiger partial charge in [-0.15, -0.1) is 0 Å². The van der Waals surface area contributed by atoms with Crippen LogP contribution in [0, 0.1) is 6.92 Å². The highest BCUT2D eigenvalue weighted by molar-refractivity contribution is 9.10. The van der Waals surface area contributed by atoms with Crippen LogP contribution in [0.2, 0.25) is 0 Å². The number of carbonyl (C=O) groups excluding carboxylic acids is 1. The number of hydrogen-bond acceptors (Lipinski definition) is 1. The van der Waals surface area contributed by atoms with Crippen molar-refractivity contribution < 1.29 is 18.0 Å². The van der Waals surface area contributed by atoms with Crippen molar-refractivity contribution in [3.63, 3.8) is 0 Å². The van der Waals surface area contributed by atoms with Crippen molar-refractivity contribution in [2.45, 2.75) is 33.0 Å². The average Bonchev–Trinajstić information content (AvgIpc) is 2.27. The van der Waals surface area contributed by atoms with Gasteiger partial charge in [0, 0.05) is 10.5 Å². The number of halogens is 4. The van der Waals surface area contributed by atoms with E-state index in [0.717, 1.165) is 10.5 Å². The smallest absolute Gasteiger partial charge is 0.327 e. The van der Waals surface area contributed by atoms with Crippen LogP contribution in [0.5, 0.6) is 0 Å². The van der Waals surface area contributed by atoms with Gasteiger partial charge in [-0.2, -0.15) is 13.2 Å². The molecule has 106 valence electrons. The van der Waals surface area contributed by atoms with Crippen LogP contribution in [0.25, 0.3) is 0 Å². The van der Waals surface area contributed by atoms with Gasteiger partial charge in [0.15, 0.2) is 0 Å². The summed E-state index contributed by atoms with van der Waals surface area (Å²) in [4.78, 5) is 13.1. The molecule has 0 bridgehead atoms. The number of nitrogens with zero attached hydrogens (tertiary/aromatic N) is 1. The zero-order chi connectivity index (χ0) is 14.8. The first kappa shape index (κ1) is 16.0. The standard InChI is InChI=1S/C13H15BrF3NO/c1-8(2)18(7-13(15,16)17)12(19)10-6-4-5-9(3)11(10)14/h4-6,8H,7H2,1-3H3. The van der Waals surface area contributed by atoms with Gasteiger partial charge in [0.1, 0.15) is 6.54 Å². The Labute approximate surface area is 118 Å². The topological polar surface area (TPSA) is 20.3 Å². The third-order valence-electron chi connectivity index (χ3n) is 2.66. The number of hydrogen-bond donors (Lipinski definition) is 0. The summed E-state index contributed by atoms with van der Waals surface area (Å²) in [6.45, 7) is 3.66. The molecule has 0 saturated carbocycles. The molecule has 0 heterocycles. The van der Waals surface area contributed by atoms with Crippen LogP contribution >= 0.6 is 15.9 Å². The molecule has 1 aromatic rings. The minimum atomic E-state index is -4.41. The van der Waals surface area contributed by atoms with Gasteiger partial charge < -0.3 is 4.90 Å². The molecule has 1 amide bonds. The Balaban J connectivity index is 3.10. The number of carbonyl (C=O) groups is 1. The highest BCUT2D eigenvalue weighted by atomic mass is 79.9. The Hall–Kier alpha value is -1.04. The van der Waals surface area contributed by atoms with Gasteiger partial charge in [-0.1, -0.05) is 12.1 Å². The number of aryl methyl sites for hydroxylation is 1. The maximum atomic E-state index is 12.5. The quantitative estimate of drug-likeness (QED) is 0.810. The summed E-state index contributed by atoms with van der Waals surface area (Å²) in [5.41, 5.74) is 1.06. The summed E-state index contributed by atoms with van der Waals surface area (Å²) >= 11 is 3.25. The molecular formula is C13H15BrF3NO. The Morgan fingerprint density at radius 3 is 2.42 bits per heavy atom. The Morgan fingerprint density at radius 2 is 1.95 bits per heavy atom. The fourth-order valence-electron chi connectivity index (χ4n) is 1.65. The van der Waals surface area contributed by atoms with E-state index in [2.05, 4.69) is 15.9 Å². The lowest BCUT2D eigenvalue weighted by atomic mass is 10.1. The van der Waals surface area contributed by atoms with Crippen LogP contribution in [-0.4, -0.2) is 29.6 Å². The summed E-state index contributed by atoms with van der Waals surface area (Å²) in [5.74, 6) is -0.622. The molecule has 0 aromatic heterocycles. The molecule has 0 spiro atoms. The second-order valence-corrected chi connectivity index (χ2v) is 5.37. The third kappa shape index (κ3) is 4.23. The van der Waals surface area contributed by atoms with E-state index in [9.17, 15) is 18.0 Å². The van der Waals surface area contributed by atoms with Crippen molar-refractivity contribution in [2.24, 2.45) is 0 Å². The SMILES string of the molecule is Cc1cccc(C(=O)N(CC(F)(F)F)C(C)C)c1Br. The van der Waals surface area contributed by atoms with Crippen molar-refractivity contribution in [3.8, 4) is 0 Å².